The van der Waals surface area contributed by atoms with Gasteiger partial charge in [0.2, 0.25) is 5.88 Å². The number of nitrogens with zero attached hydrogens (tertiary/aromatic N) is 1. The monoisotopic (exact) mass is 262 g/mol. The average molecular weight is 262 g/mol. The van der Waals surface area contributed by atoms with E-state index in [4.69, 9.17) is 10.5 Å². The standard InChI is InChI=1S/C9H14N2O3S2/c1-14-9-7(10)3-4-8(11-9)15-5-6-16(2,12)13/h3-4H,5-6,10H2,1-2H3. The lowest BCUT2D eigenvalue weighted by Gasteiger charge is -2.05. The van der Waals surface area contributed by atoms with Crippen LogP contribution in [0.4, 0.5) is 5.69 Å². The highest BCUT2D eigenvalue weighted by Crippen LogP contribution is 2.23. The molecule has 0 aromatic carbocycles. The molecule has 0 aliphatic rings. The second-order valence-electron chi connectivity index (χ2n) is 3.23. The summed E-state index contributed by atoms with van der Waals surface area (Å²) < 4.78 is 26.8. The third-order valence-corrected chi connectivity index (χ3v) is 3.90. The van der Waals surface area contributed by atoms with Gasteiger partial charge in [0.1, 0.15) is 14.9 Å². The lowest BCUT2D eigenvalue weighted by Crippen LogP contribution is -2.05. The van der Waals surface area contributed by atoms with Gasteiger partial charge in [-0.15, -0.1) is 11.8 Å². The van der Waals surface area contributed by atoms with Crippen LogP contribution < -0.4 is 10.5 Å². The van der Waals surface area contributed by atoms with Crippen molar-refractivity contribution in [2.45, 2.75) is 5.03 Å². The number of anilines is 1. The molecule has 1 aromatic rings. The Labute approximate surface area is 99.3 Å². The van der Waals surface area contributed by atoms with Crippen molar-refractivity contribution in [3.63, 3.8) is 0 Å². The van der Waals surface area contributed by atoms with Gasteiger partial charge in [0.25, 0.3) is 0 Å². The number of thioether (sulfide) groups is 1. The maximum Gasteiger partial charge on any atom is 0.237 e. The fraction of sp³-hybridized carbons (Fsp3) is 0.444. The molecule has 1 aromatic heterocycles. The van der Waals surface area contributed by atoms with Gasteiger partial charge in [0.15, 0.2) is 0 Å². The van der Waals surface area contributed by atoms with Gasteiger partial charge >= 0.3 is 0 Å². The van der Waals surface area contributed by atoms with Crippen molar-refractivity contribution in [2.75, 3.05) is 30.6 Å². The van der Waals surface area contributed by atoms with E-state index in [0.29, 0.717) is 22.3 Å². The molecule has 0 spiro atoms. The molecule has 0 bridgehead atoms. The highest BCUT2D eigenvalue weighted by molar-refractivity contribution is 8.00. The van der Waals surface area contributed by atoms with E-state index in [1.807, 2.05) is 0 Å². The van der Waals surface area contributed by atoms with Crippen molar-refractivity contribution >= 4 is 27.3 Å². The molecule has 0 unspecified atom stereocenters. The summed E-state index contributed by atoms with van der Waals surface area (Å²) >= 11 is 1.36. The van der Waals surface area contributed by atoms with Crippen LogP contribution in [0.1, 0.15) is 0 Å². The first-order valence-electron chi connectivity index (χ1n) is 4.53. The van der Waals surface area contributed by atoms with E-state index in [0.717, 1.165) is 0 Å². The zero-order chi connectivity index (χ0) is 12.2. The molecule has 0 atom stereocenters. The zero-order valence-electron chi connectivity index (χ0n) is 9.13. The van der Waals surface area contributed by atoms with Gasteiger partial charge in [0, 0.05) is 12.0 Å². The van der Waals surface area contributed by atoms with Crippen molar-refractivity contribution in [3.05, 3.63) is 12.1 Å². The van der Waals surface area contributed by atoms with Gasteiger partial charge in [-0.3, -0.25) is 0 Å². The fourth-order valence-electron chi connectivity index (χ4n) is 0.976. The Morgan fingerprint density at radius 3 is 2.75 bits per heavy atom. The number of nitrogens with two attached hydrogens (primary N) is 1. The van der Waals surface area contributed by atoms with Crippen LogP contribution in [0.15, 0.2) is 17.2 Å². The minimum absolute atomic E-state index is 0.131. The van der Waals surface area contributed by atoms with Crippen molar-refractivity contribution in [1.82, 2.24) is 4.98 Å². The fourth-order valence-corrected chi connectivity index (χ4v) is 3.04. The molecule has 0 fully saturated rings. The van der Waals surface area contributed by atoms with E-state index in [-0.39, 0.29) is 5.75 Å². The van der Waals surface area contributed by atoms with Gasteiger partial charge in [-0.1, -0.05) is 0 Å². The van der Waals surface area contributed by atoms with Crippen LogP contribution in [0.5, 0.6) is 5.88 Å². The summed E-state index contributed by atoms with van der Waals surface area (Å²) in [5, 5.41) is 0.703. The summed E-state index contributed by atoms with van der Waals surface area (Å²) in [6, 6.07) is 3.43. The summed E-state index contributed by atoms with van der Waals surface area (Å²) in [5.74, 6) is 0.967. The first-order valence-corrected chi connectivity index (χ1v) is 7.58. The number of pyridine rings is 1. The molecular formula is C9H14N2O3S2. The number of ether oxygens (including phenoxy) is 1. The van der Waals surface area contributed by atoms with Gasteiger partial charge in [0.05, 0.1) is 18.6 Å². The SMILES string of the molecule is COc1nc(SCCS(C)(=O)=O)ccc1N. The van der Waals surface area contributed by atoms with Crippen molar-refractivity contribution < 1.29 is 13.2 Å². The molecule has 0 aliphatic heterocycles. The Hall–Kier alpha value is -0.950. The summed E-state index contributed by atoms with van der Waals surface area (Å²) in [6.45, 7) is 0. The number of hydrogen-bond acceptors (Lipinski definition) is 6. The Morgan fingerprint density at radius 2 is 2.19 bits per heavy atom. The average Bonchev–Trinajstić information content (AvgIpc) is 2.18. The number of aromatic nitrogens is 1. The Balaban J connectivity index is 2.61. The largest absolute Gasteiger partial charge is 0.480 e. The summed E-state index contributed by atoms with van der Waals surface area (Å²) in [5.41, 5.74) is 6.07. The summed E-state index contributed by atoms with van der Waals surface area (Å²) in [4.78, 5) is 4.13. The quantitative estimate of drug-likeness (QED) is 0.791. The molecular weight excluding hydrogens is 248 g/mol. The molecule has 0 radical (unpaired) electrons. The van der Waals surface area contributed by atoms with E-state index in [1.54, 1.807) is 12.1 Å². The summed E-state index contributed by atoms with van der Waals surface area (Å²) in [6.07, 6.45) is 1.21. The van der Waals surface area contributed by atoms with E-state index >= 15 is 0 Å². The predicted octanol–water partition coefficient (Wildman–Crippen LogP) is 0.809. The van der Waals surface area contributed by atoms with Crippen LogP contribution in [0, 0.1) is 0 Å². The molecule has 0 aliphatic carbocycles. The molecule has 1 heterocycles. The lowest BCUT2D eigenvalue weighted by atomic mass is 10.4. The van der Waals surface area contributed by atoms with E-state index in [1.165, 1.54) is 25.1 Å². The molecule has 5 nitrogen and oxygen atoms in total. The topological polar surface area (TPSA) is 82.3 Å². The van der Waals surface area contributed by atoms with E-state index in [2.05, 4.69) is 4.98 Å². The van der Waals surface area contributed by atoms with Gasteiger partial charge in [-0.05, 0) is 12.1 Å². The normalized spacial score (nSPS) is 11.4. The minimum atomic E-state index is -2.92. The molecule has 0 saturated carbocycles. The highest BCUT2D eigenvalue weighted by Gasteiger charge is 2.06. The Bertz CT molecular complexity index is 460. The first-order chi connectivity index (χ1) is 7.42. The molecule has 0 amide bonds. The van der Waals surface area contributed by atoms with Crippen molar-refractivity contribution in [2.24, 2.45) is 0 Å². The molecule has 16 heavy (non-hydrogen) atoms. The minimum Gasteiger partial charge on any atom is -0.480 e. The first kappa shape index (κ1) is 13.1. The third kappa shape index (κ3) is 4.28. The van der Waals surface area contributed by atoms with Gasteiger partial charge < -0.3 is 10.5 Å². The second-order valence-corrected chi connectivity index (χ2v) is 6.60. The second kappa shape index (κ2) is 5.40. The van der Waals surface area contributed by atoms with Crippen molar-refractivity contribution in [3.8, 4) is 5.88 Å². The van der Waals surface area contributed by atoms with Crippen LogP contribution in [0.3, 0.4) is 0 Å². The Morgan fingerprint density at radius 1 is 1.50 bits per heavy atom. The van der Waals surface area contributed by atoms with E-state index < -0.39 is 9.84 Å². The summed E-state index contributed by atoms with van der Waals surface area (Å²) in [7, 11) is -1.43. The lowest BCUT2D eigenvalue weighted by molar-refractivity contribution is 0.397. The van der Waals surface area contributed by atoms with Gasteiger partial charge in [-0.2, -0.15) is 0 Å². The molecule has 2 N–H and O–H groups in total. The number of nitrogen functional groups attached to an aromatic ring is 1. The zero-order valence-corrected chi connectivity index (χ0v) is 10.8. The molecule has 1 rings (SSSR count). The van der Waals surface area contributed by atoms with Crippen LogP contribution in [-0.4, -0.2) is 38.3 Å². The number of methoxy groups -OCH3 is 1. The smallest absolute Gasteiger partial charge is 0.237 e. The van der Waals surface area contributed by atoms with E-state index in [9.17, 15) is 8.42 Å². The number of sulfone groups is 1. The van der Waals surface area contributed by atoms with Crippen LogP contribution >= 0.6 is 11.8 Å². The van der Waals surface area contributed by atoms with Crippen LogP contribution in [0.25, 0.3) is 0 Å². The van der Waals surface area contributed by atoms with Gasteiger partial charge in [-0.25, -0.2) is 13.4 Å². The third-order valence-electron chi connectivity index (χ3n) is 1.76. The molecule has 0 saturated heterocycles. The maximum absolute atomic E-state index is 10.9. The van der Waals surface area contributed by atoms with Crippen molar-refractivity contribution in [1.29, 1.82) is 0 Å². The van der Waals surface area contributed by atoms with Crippen LogP contribution in [-0.2, 0) is 9.84 Å². The number of hydrogen-bond donors (Lipinski definition) is 1. The maximum atomic E-state index is 10.9. The predicted molar refractivity (Wildman–Crippen MR) is 65.6 cm³/mol. The molecule has 90 valence electrons. The highest BCUT2D eigenvalue weighted by atomic mass is 32.2. The molecule has 7 heteroatoms. The number of rotatable bonds is 5. The Kier molecular flexibility index (Phi) is 4.43. The van der Waals surface area contributed by atoms with Crippen LogP contribution in [0.2, 0.25) is 0 Å².